The number of hydrogen-bond acceptors (Lipinski definition) is 2. The third kappa shape index (κ3) is 4.94. The second-order valence-corrected chi connectivity index (χ2v) is 4.04. The molecule has 3 N–H and O–H groups in total. The molecule has 1 aromatic rings. The van der Waals surface area contributed by atoms with Crippen molar-refractivity contribution in [3.8, 4) is 0 Å². The Morgan fingerprint density at radius 1 is 1.12 bits per heavy atom. The van der Waals surface area contributed by atoms with E-state index >= 15 is 0 Å². The van der Waals surface area contributed by atoms with Gasteiger partial charge >= 0.3 is 0 Å². The molecule has 0 unspecified atom stereocenters. The Kier molecular flexibility index (Phi) is 5.57. The molecule has 0 spiro atoms. The third-order valence-corrected chi connectivity index (χ3v) is 2.54. The zero-order valence-corrected chi connectivity index (χ0v) is 9.83. The van der Waals surface area contributed by atoms with Gasteiger partial charge in [-0.25, -0.2) is 0 Å². The molecule has 1 saturated heterocycles. The van der Waals surface area contributed by atoms with E-state index in [1.807, 2.05) is 19.1 Å². The number of carbonyl (C=O) groups excluding carboxylic acids is 1. The summed E-state index contributed by atoms with van der Waals surface area (Å²) in [6, 6.07) is 7.16. The fourth-order valence-electron chi connectivity index (χ4n) is 1.52. The molecule has 3 nitrogen and oxygen atoms in total. The van der Waals surface area contributed by atoms with Crippen molar-refractivity contribution in [2.75, 3.05) is 13.1 Å². The molecule has 0 aliphatic carbocycles. The highest BCUT2D eigenvalue weighted by Gasteiger charge is 1.96. The van der Waals surface area contributed by atoms with Crippen LogP contribution in [0, 0.1) is 6.92 Å². The SMILES string of the molecule is C1CCNCC1.Cc1ccc(C(N)=O)cc1. The first-order valence-electron chi connectivity index (χ1n) is 5.77. The normalized spacial score (nSPS) is 14.8. The van der Waals surface area contributed by atoms with Crippen molar-refractivity contribution in [2.24, 2.45) is 5.73 Å². The molecule has 1 fully saturated rings. The van der Waals surface area contributed by atoms with Gasteiger partial charge < -0.3 is 11.1 Å². The van der Waals surface area contributed by atoms with Gasteiger partial charge in [-0.2, -0.15) is 0 Å². The lowest BCUT2D eigenvalue weighted by atomic mass is 10.1. The van der Waals surface area contributed by atoms with Gasteiger partial charge in [-0.3, -0.25) is 4.79 Å². The summed E-state index contributed by atoms with van der Waals surface area (Å²) in [5.74, 6) is -0.375. The summed E-state index contributed by atoms with van der Waals surface area (Å²) >= 11 is 0. The molecule has 0 bridgehead atoms. The van der Waals surface area contributed by atoms with E-state index in [1.54, 1.807) is 12.1 Å². The van der Waals surface area contributed by atoms with Crippen LogP contribution >= 0.6 is 0 Å². The second kappa shape index (κ2) is 7.01. The van der Waals surface area contributed by atoms with Gasteiger partial charge in [0.15, 0.2) is 0 Å². The number of aryl methyl sites for hydroxylation is 1. The average molecular weight is 220 g/mol. The second-order valence-electron chi connectivity index (χ2n) is 4.04. The summed E-state index contributed by atoms with van der Waals surface area (Å²) in [4.78, 5) is 10.5. The van der Waals surface area contributed by atoms with E-state index in [0.717, 1.165) is 5.56 Å². The average Bonchev–Trinajstić information content (AvgIpc) is 2.32. The number of benzene rings is 1. The van der Waals surface area contributed by atoms with Crippen molar-refractivity contribution in [2.45, 2.75) is 26.2 Å². The van der Waals surface area contributed by atoms with Gasteiger partial charge in [-0.15, -0.1) is 0 Å². The van der Waals surface area contributed by atoms with Crippen LogP contribution in [0.25, 0.3) is 0 Å². The Hall–Kier alpha value is -1.35. The molecule has 1 amide bonds. The molecule has 1 aliphatic rings. The van der Waals surface area contributed by atoms with Crippen LogP contribution in [0.4, 0.5) is 0 Å². The molecule has 0 radical (unpaired) electrons. The van der Waals surface area contributed by atoms with Gasteiger partial charge in [0, 0.05) is 5.56 Å². The number of hydrogen-bond donors (Lipinski definition) is 2. The molecule has 3 heteroatoms. The van der Waals surface area contributed by atoms with Gasteiger partial charge in [0.2, 0.25) is 5.91 Å². The van der Waals surface area contributed by atoms with Crippen LogP contribution < -0.4 is 11.1 Å². The van der Waals surface area contributed by atoms with E-state index in [1.165, 1.54) is 32.4 Å². The van der Waals surface area contributed by atoms with Crippen molar-refractivity contribution < 1.29 is 4.79 Å². The molecule has 0 atom stereocenters. The number of nitrogens with two attached hydrogens (primary N) is 1. The van der Waals surface area contributed by atoms with Crippen LogP contribution in [0.5, 0.6) is 0 Å². The molecule has 0 aromatic heterocycles. The lowest BCUT2D eigenvalue weighted by molar-refractivity contribution is 0.100. The van der Waals surface area contributed by atoms with Gasteiger partial charge in [0.25, 0.3) is 0 Å². The van der Waals surface area contributed by atoms with E-state index in [4.69, 9.17) is 5.73 Å². The summed E-state index contributed by atoms with van der Waals surface area (Å²) in [6.07, 6.45) is 4.22. The van der Waals surface area contributed by atoms with E-state index in [9.17, 15) is 4.79 Å². The summed E-state index contributed by atoms with van der Waals surface area (Å²) < 4.78 is 0. The largest absolute Gasteiger partial charge is 0.366 e. The molecule has 1 aromatic carbocycles. The molecule has 2 rings (SSSR count). The Morgan fingerprint density at radius 2 is 1.69 bits per heavy atom. The molecule has 0 saturated carbocycles. The van der Waals surface area contributed by atoms with Crippen molar-refractivity contribution in [3.63, 3.8) is 0 Å². The first kappa shape index (κ1) is 12.7. The molecule has 1 heterocycles. The monoisotopic (exact) mass is 220 g/mol. The van der Waals surface area contributed by atoms with E-state index < -0.39 is 0 Å². The molecule has 16 heavy (non-hydrogen) atoms. The lowest BCUT2D eigenvalue weighted by Crippen LogP contribution is -2.21. The molecular formula is C13H20N2O. The first-order valence-corrected chi connectivity index (χ1v) is 5.77. The number of nitrogens with one attached hydrogen (secondary N) is 1. The Labute approximate surface area is 97.0 Å². The predicted molar refractivity (Wildman–Crippen MR) is 66.4 cm³/mol. The summed E-state index contributed by atoms with van der Waals surface area (Å²) in [7, 11) is 0. The Morgan fingerprint density at radius 3 is 2.00 bits per heavy atom. The summed E-state index contributed by atoms with van der Waals surface area (Å²) in [5, 5.41) is 3.28. The molecule has 88 valence electrons. The number of amides is 1. The van der Waals surface area contributed by atoms with Gasteiger partial charge in [0.1, 0.15) is 0 Å². The highest BCUT2D eigenvalue weighted by molar-refractivity contribution is 5.92. The van der Waals surface area contributed by atoms with Crippen molar-refractivity contribution in [3.05, 3.63) is 35.4 Å². The fraction of sp³-hybridized carbons (Fsp3) is 0.462. The zero-order valence-electron chi connectivity index (χ0n) is 9.83. The van der Waals surface area contributed by atoms with Gasteiger partial charge in [-0.1, -0.05) is 24.1 Å². The third-order valence-electron chi connectivity index (χ3n) is 2.54. The van der Waals surface area contributed by atoms with Gasteiger partial charge in [0.05, 0.1) is 0 Å². The van der Waals surface area contributed by atoms with E-state index in [-0.39, 0.29) is 5.91 Å². The van der Waals surface area contributed by atoms with Crippen LogP contribution in [0.1, 0.15) is 35.2 Å². The van der Waals surface area contributed by atoms with Crippen LogP contribution in [-0.4, -0.2) is 19.0 Å². The van der Waals surface area contributed by atoms with Gasteiger partial charge in [-0.05, 0) is 45.0 Å². The number of piperidine rings is 1. The predicted octanol–water partition coefficient (Wildman–Crippen LogP) is 1.85. The standard InChI is InChI=1S/C8H9NO.C5H11N/c1-6-2-4-7(5-3-6)8(9)10;1-2-4-6-5-3-1/h2-5H,1H3,(H2,9,10);6H,1-5H2. The van der Waals surface area contributed by atoms with Crippen LogP contribution in [0.3, 0.4) is 0 Å². The van der Waals surface area contributed by atoms with Crippen LogP contribution in [0.15, 0.2) is 24.3 Å². The van der Waals surface area contributed by atoms with E-state index in [2.05, 4.69) is 5.32 Å². The maximum Gasteiger partial charge on any atom is 0.248 e. The quantitative estimate of drug-likeness (QED) is 0.759. The minimum absolute atomic E-state index is 0.375. The fourth-order valence-corrected chi connectivity index (χ4v) is 1.52. The van der Waals surface area contributed by atoms with Crippen molar-refractivity contribution in [1.29, 1.82) is 0 Å². The topological polar surface area (TPSA) is 55.1 Å². The smallest absolute Gasteiger partial charge is 0.248 e. The molecular weight excluding hydrogens is 200 g/mol. The first-order chi connectivity index (χ1) is 7.70. The number of primary amides is 1. The summed E-state index contributed by atoms with van der Waals surface area (Å²) in [6.45, 7) is 4.46. The highest BCUT2D eigenvalue weighted by atomic mass is 16.1. The highest BCUT2D eigenvalue weighted by Crippen LogP contribution is 2.01. The molecule has 1 aliphatic heterocycles. The Balaban J connectivity index is 0.000000181. The summed E-state index contributed by atoms with van der Waals surface area (Å²) in [5.41, 5.74) is 6.72. The number of rotatable bonds is 1. The van der Waals surface area contributed by atoms with Crippen molar-refractivity contribution in [1.82, 2.24) is 5.32 Å². The van der Waals surface area contributed by atoms with Crippen LogP contribution in [0.2, 0.25) is 0 Å². The minimum Gasteiger partial charge on any atom is -0.366 e. The maximum atomic E-state index is 10.5. The van der Waals surface area contributed by atoms with Crippen LogP contribution in [-0.2, 0) is 0 Å². The van der Waals surface area contributed by atoms with Crippen molar-refractivity contribution >= 4 is 5.91 Å². The zero-order chi connectivity index (χ0) is 11.8. The Bertz CT molecular complexity index is 304. The van der Waals surface area contributed by atoms with E-state index in [0.29, 0.717) is 5.56 Å². The lowest BCUT2D eigenvalue weighted by Gasteiger charge is -2.08. The maximum absolute atomic E-state index is 10.5. The minimum atomic E-state index is -0.375. The number of carbonyl (C=O) groups is 1.